The van der Waals surface area contributed by atoms with Gasteiger partial charge in [0.25, 0.3) is 0 Å². The first-order valence-corrected chi connectivity index (χ1v) is 14.8. The summed E-state index contributed by atoms with van der Waals surface area (Å²) < 4.78 is 0. The third-order valence-corrected chi connectivity index (χ3v) is 8.23. The van der Waals surface area contributed by atoms with Crippen LogP contribution in [0, 0.1) is 0 Å². The highest BCUT2D eigenvalue weighted by molar-refractivity contribution is 6.13. The summed E-state index contributed by atoms with van der Waals surface area (Å²) >= 11 is 0. The Morgan fingerprint density at radius 1 is 0.341 bits per heavy atom. The molecule has 206 valence electrons. The number of benzene rings is 5. The van der Waals surface area contributed by atoms with Gasteiger partial charge in [0.15, 0.2) is 0 Å². The van der Waals surface area contributed by atoms with Crippen molar-refractivity contribution < 1.29 is 0 Å². The normalized spacial score (nSPS) is 11.2. The van der Waals surface area contributed by atoms with E-state index in [4.69, 9.17) is 4.98 Å². The van der Waals surface area contributed by atoms with E-state index in [-0.39, 0.29) is 0 Å². The largest absolute Gasteiger partial charge is 0.264 e. The van der Waals surface area contributed by atoms with Gasteiger partial charge in [0, 0.05) is 35.9 Å². The van der Waals surface area contributed by atoms with Gasteiger partial charge >= 0.3 is 0 Å². The van der Waals surface area contributed by atoms with Crippen molar-refractivity contribution >= 4 is 21.5 Å². The Labute approximate surface area is 256 Å². The number of hydrogen-bond acceptors (Lipinski definition) is 3. The first-order chi connectivity index (χ1) is 21.8. The Balaban J connectivity index is 1.30. The highest BCUT2D eigenvalue weighted by Gasteiger charge is 2.14. The zero-order valence-electron chi connectivity index (χ0n) is 23.9. The van der Waals surface area contributed by atoms with Gasteiger partial charge in [-0.2, -0.15) is 0 Å². The van der Waals surface area contributed by atoms with Gasteiger partial charge < -0.3 is 0 Å². The molecule has 3 aromatic heterocycles. The Morgan fingerprint density at radius 2 is 0.886 bits per heavy atom. The molecule has 3 heteroatoms. The second kappa shape index (κ2) is 11.0. The molecule has 44 heavy (non-hydrogen) atoms. The van der Waals surface area contributed by atoms with Crippen LogP contribution in [-0.2, 0) is 0 Å². The van der Waals surface area contributed by atoms with Crippen LogP contribution in [-0.4, -0.2) is 15.0 Å². The maximum Gasteiger partial charge on any atom is 0.0731 e. The van der Waals surface area contributed by atoms with Crippen LogP contribution in [0.4, 0.5) is 0 Å². The Morgan fingerprint density at radius 3 is 1.55 bits per heavy atom. The number of aromatic nitrogens is 3. The van der Waals surface area contributed by atoms with Crippen LogP contribution in [0.15, 0.2) is 164 Å². The molecule has 3 heterocycles. The van der Waals surface area contributed by atoms with Crippen molar-refractivity contribution in [2.75, 3.05) is 0 Å². The number of nitrogens with zero attached hydrogens (tertiary/aromatic N) is 3. The fourth-order valence-electron chi connectivity index (χ4n) is 6.14. The summed E-state index contributed by atoms with van der Waals surface area (Å²) in [5.41, 5.74) is 10.7. The predicted octanol–water partition coefficient (Wildman–Crippen LogP) is 10.5. The average Bonchev–Trinajstić information content (AvgIpc) is 3.12. The molecule has 0 spiro atoms. The third-order valence-electron chi connectivity index (χ3n) is 8.23. The zero-order chi connectivity index (χ0) is 29.3. The van der Waals surface area contributed by atoms with E-state index in [0.29, 0.717) is 0 Å². The summed E-state index contributed by atoms with van der Waals surface area (Å²) in [5, 5.41) is 5.05. The lowest BCUT2D eigenvalue weighted by Crippen LogP contribution is -1.93. The number of rotatable bonds is 5. The van der Waals surface area contributed by atoms with Crippen molar-refractivity contribution in [1.29, 1.82) is 0 Å². The molecule has 8 aromatic rings. The predicted molar refractivity (Wildman–Crippen MR) is 182 cm³/mol. The third kappa shape index (κ3) is 4.71. The van der Waals surface area contributed by atoms with Crippen LogP contribution in [0.2, 0.25) is 0 Å². The van der Waals surface area contributed by atoms with Crippen LogP contribution in [0.5, 0.6) is 0 Å². The number of hydrogen-bond donors (Lipinski definition) is 0. The molecule has 0 aliphatic rings. The standard InChI is InChI=1S/C41H27N3/c1-2-16-35-30(10-1)23-39(38-19-6-5-18-37(35)38)29-12-7-11-28(22-29)34-15-3-4-17-36(34)33-24-40(31-13-8-20-42-26-31)44-41(25-33)32-14-9-21-43-27-32/h1-27H. The monoisotopic (exact) mass is 561 g/mol. The summed E-state index contributed by atoms with van der Waals surface area (Å²) in [6.45, 7) is 0. The molecule has 0 N–H and O–H groups in total. The van der Waals surface area contributed by atoms with E-state index in [0.717, 1.165) is 39.2 Å². The smallest absolute Gasteiger partial charge is 0.0731 e. The van der Waals surface area contributed by atoms with Crippen LogP contribution < -0.4 is 0 Å². The van der Waals surface area contributed by atoms with Gasteiger partial charge in [0.05, 0.1) is 11.4 Å². The molecule has 3 nitrogen and oxygen atoms in total. The van der Waals surface area contributed by atoms with E-state index in [1.165, 1.54) is 38.2 Å². The van der Waals surface area contributed by atoms with Crippen molar-refractivity contribution in [3.63, 3.8) is 0 Å². The zero-order valence-corrected chi connectivity index (χ0v) is 23.9. The quantitative estimate of drug-likeness (QED) is 0.196. The van der Waals surface area contributed by atoms with Gasteiger partial charge in [-0.3, -0.25) is 9.97 Å². The van der Waals surface area contributed by atoms with E-state index in [1.54, 1.807) is 12.4 Å². The van der Waals surface area contributed by atoms with Gasteiger partial charge in [-0.15, -0.1) is 0 Å². The van der Waals surface area contributed by atoms with Gasteiger partial charge in [0.2, 0.25) is 0 Å². The van der Waals surface area contributed by atoms with Crippen molar-refractivity contribution in [2.45, 2.75) is 0 Å². The fourth-order valence-corrected chi connectivity index (χ4v) is 6.14. The lowest BCUT2D eigenvalue weighted by Gasteiger charge is -2.15. The average molecular weight is 562 g/mol. The molecule has 0 saturated carbocycles. The van der Waals surface area contributed by atoms with Gasteiger partial charge in [0.1, 0.15) is 0 Å². The van der Waals surface area contributed by atoms with E-state index in [1.807, 2.05) is 24.5 Å². The first-order valence-electron chi connectivity index (χ1n) is 14.8. The van der Waals surface area contributed by atoms with E-state index in [9.17, 15) is 0 Å². The highest BCUT2D eigenvalue weighted by Crippen LogP contribution is 2.39. The molecule has 0 fully saturated rings. The molecule has 0 saturated heterocycles. The maximum absolute atomic E-state index is 5.03. The minimum atomic E-state index is 0.876. The van der Waals surface area contributed by atoms with Crippen LogP contribution in [0.3, 0.4) is 0 Å². The molecule has 5 aromatic carbocycles. The maximum atomic E-state index is 5.03. The SMILES string of the molecule is c1cncc(-c2cc(-c3ccccc3-c3cccc(-c4cc5ccccc5c5ccccc45)c3)cc(-c3cccnc3)n2)c1. The minimum Gasteiger partial charge on any atom is -0.264 e. The molecule has 0 atom stereocenters. The van der Waals surface area contributed by atoms with E-state index in [2.05, 4.69) is 137 Å². The number of pyridine rings is 3. The summed E-state index contributed by atoms with van der Waals surface area (Å²) in [6, 6.07) is 49.5. The second-order valence-corrected chi connectivity index (χ2v) is 10.9. The topological polar surface area (TPSA) is 38.7 Å². The van der Waals surface area contributed by atoms with E-state index >= 15 is 0 Å². The minimum absolute atomic E-state index is 0.876. The van der Waals surface area contributed by atoms with Gasteiger partial charge in [-0.05, 0) is 103 Å². The molecule has 0 bridgehead atoms. The summed E-state index contributed by atoms with van der Waals surface area (Å²) in [4.78, 5) is 13.7. The van der Waals surface area contributed by atoms with Crippen LogP contribution in [0.1, 0.15) is 0 Å². The highest BCUT2D eigenvalue weighted by atomic mass is 14.7. The molecule has 0 aliphatic heterocycles. The molecular formula is C41H27N3. The molecule has 0 aliphatic carbocycles. The second-order valence-electron chi connectivity index (χ2n) is 10.9. The van der Waals surface area contributed by atoms with Gasteiger partial charge in [-0.1, -0.05) is 91.0 Å². The summed E-state index contributed by atoms with van der Waals surface area (Å²) in [6.07, 6.45) is 7.30. The lowest BCUT2D eigenvalue weighted by atomic mass is 9.89. The molecule has 0 amide bonds. The Hall–Kier alpha value is -5.93. The Kier molecular flexibility index (Phi) is 6.47. The van der Waals surface area contributed by atoms with Gasteiger partial charge in [-0.25, -0.2) is 4.98 Å². The molecule has 0 unspecified atom stereocenters. The van der Waals surface area contributed by atoms with Crippen molar-refractivity contribution in [3.8, 4) is 55.9 Å². The van der Waals surface area contributed by atoms with Crippen LogP contribution in [0.25, 0.3) is 77.4 Å². The molecule has 0 radical (unpaired) electrons. The Bertz CT molecular complexity index is 2220. The summed E-state index contributed by atoms with van der Waals surface area (Å²) in [7, 11) is 0. The first kappa shape index (κ1) is 25.8. The number of fused-ring (bicyclic) bond motifs is 3. The molecule has 8 rings (SSSR count). The van der Waals surface area contributed by atoms with Crippen molar-refractivity contribution in [3.05, 3.63) is 164 Å². The summed E-state index contributed by atoms with van der Waals surface area (Å²) in [5.74, 6) is 0. The fraction of sp³-hybridized carbons (Fsp3) is 0. The van der Waals surface area contributed by atoms with Crippen LogP contribution >= 0.6 is 0 Å². The lowest BCUT2D eigenvalue weighted by molar-refractivity contribution is 1.26. The van der Waals surface area contributed by atoms with E-state index < -0.39 is 0 Å². The molecular weight excluding hydrogens is 534 g/mol. The van der Waals surface area contributed by atoms with Crippen molar-refractivity contribution in [1.82, 2.24) is 15.0 Å². The van der Waals surface area contributed by atoms with Crippen molar-refractivity contribution in [2.24, 2.45) is 0 Å².